The van der Waals surface area contributed by atoms with E-state index in [-0.39, 0.29) is 5.78 Å². The van der Waals surface area contributed by atoms with Gasteiger partial charge in [0, 0.05) is 0 Å². The van der Waals surface area contributed by atoms with E-state index in [9.17, 15) is 4.79 Å². The normalized spacial score (nSPS) is 9.70. The summed E-state index contributed by atoms with van der Waals surface area (Å²) in [6.07, 6.45) is 1.40. The smallest absolute Gasteiger partial charge is 0.198 e. The molecule has 0 aliphatic carbocycles. The Balaban J connectivity index is 2.59. The second-order valence-corrected chi connectivity index (χ2v) is 1.81. The molecule has 1 rings (SSSR count). The van der Waals surface area contributed by atoms with E-state index in [0.29, 0.717) is 12.2 Å². The van der Waals surface area contributed by atoms with Crippen LogP contribution in [0, 0.1) is 0 Å². The van der Waals surface area contributed by atoms with Crippen LogP contribution in [0.3, 0.4) is 0 Å². The van der Waals surface area contributed by atoms with Gasteiger partial charge < -0.3 is 5.32 Å². The molecule has 1 heterocycles. The third kappa shape index (κ3) is 1.38. The number of ketones is 1. The minimum Gasteiger partial charge on any atom is -0.313 e. The average Bonchev–Trinajstić information content (AvgIpc) is 2.38. The number of aromatic nitrogens is 3. The molecule has 0 aliphatic rings. The number of carbonyl (C=O) groups is 1. The number of aromatic amines is 1. The number of H-pyrrole nitrogens is 1. The fraction of sp³-hybridized carbons (Fsp3) is 0.400. The molecule has 0 aromatic carbocycles. The molecule has 2 N–H and O–H groups in total. The fourth-order valence-corrected chi connectivity index (χ4v) is 0.587. The molecule has 0 atom stereocenters. The van der Waals surface area contributed by atoms with E-state index in [4.69, 9.17) is 0 Å². The van der Waals surface area contributed by atoms with Crippen LogP contribution in [0.15, 0.2) is 6.20 Å². The highest BCUT2D eigenvalue weighted by Crippen LogP contribution is 1.88. The highest BCUT2D eigenvalue weighted by atomic mass is 16.1. The summed E-state index contributed by atoms with van der Waals surface area (Å²) in [4.78, 5) is 10.9. The lowest BCUT2D eigenvalue weighted by Crippen LogP contribution is -2.18. The quantitative estimate of drug-likeness (QED) is 0.539. The van der Waals surface area contributed by atoms with E-state index >= 15 is 0 Å². The van der Waals surface area contributed by atoms with Crippen LogP contribution >= 0.6 is 0 Å². The Bertz CT molecular complexity index is 205. The maximum atomic E-state index is 10.9. The molecule has 0 aliphatic heterocycles. The van der Waals surface area contributed by atoms with E-state index in [2.05, 4.69) is 20.7 Å². The van der Waals surface area contributed by atoms with Gasteiger partial charge in [0.1, 0.15) is 5.69 Å². The Labute approximate surface area is 57.8 Å². The van der Waals surface area contributed by atoms with Gasteiger partial charge in [-0.2, -0.15) is 15.4 Å². The summed E-state index contributed by atoms with van der Waals surface area (Å²) in [5.74, 6) is -0.0590. The zero-order chi connectivity index (χ0) is 7.40. The lowest BCUT2D eigenvalue weighted by Gasteiger charge is -1.90. The first kappa shape index (κ1) is 6.88. The molecule has 0 saturated carbocycles. The highest BCUT2D eigenvalue weighted by Gasteiger charge is 2.05. The number of likely N-dealkylation sites (N-methyl/N-ethyl adjacent to an activating group) is 1. The summed E-state index contributed by atoms with van der Waals surface area (Å²) in [6.45, 7) is 0.298. The van der Waals surface area contributed by atoms with Crippen LogP contribution in [-0.2, 0) is 0 Å². The first-order chi connectivity index (χ1) is 4.84. The van der Waals surface area contributed by atoms with Crippen LogP contribution in [0.25, 0.3) is 0 Å². The van der Waals surface area contributed by atoms with E-state index in [0.717, 1.165) is 0 Å². The standard InChI is InChI=1S/C5H8N4O/c1-6-3-5(10)4-2-7-9-8-4/h2,6H,3H2,1H3,(H,7,8,9). The number of carbonyl (C=O) groups excluding carboxylic acids is 1. The van der Waals surface area contributed by atoms with E-state index in [1.165, 1.54) is 6.20 Å². The molecule has 54 valence electrons. The summed E-state index contributed by atoms with van der Waals surface area (Å²) >= 11 is 0. The Hall–Kier alpha value is -1.23. The highest BCUT2D eigenvalue weighted by molar-refractivity contribution is 5.95. The van der Waals surface area contributed by atoms with Crippen molar-refractivity contribution in [1.29, 1.82) is 0 Å². The Kier molecular flexibility index (Phi) is 2.11. The van der Waals surface area contributed by atoms with Gasteiger partial charge >= 0.3 is 0 Å². The number of nitrogens with one attached hydrogen (secondary N) is 2. The molecule has 0 fully saturated rings. The van der Waals surface area contributed by atoms with Crippen molar-refractivity contribution < 1.29 is 4.79 Å². The lowest BCUT2D eigenvalue weighted by atomic mass is 10.3. The molecule has 5 heteroatoms. The van der Waals surface area contributed by atoms with Gasteiger partial charge in [-0.1, -0.05) is 0 Å². The van der Waals surface area contributed by atoms with Crippen LogP contribution in [0.4, 0.5) is 0 Å². The number of hydrogen-bond acceptors (Lipinski definition) is 4. The Morgan fingerprint density at radius 2 is 2.70 bits per heavy atom. The monoisotopic (exact) mass is 140 g/mol. The van der Waals surface area contributed by atoms with Gasteiger partial charge in [0.2, 0.25) is 0 Å². The summed E-state index contributed by atoms with van der Waals surface area (Å²) in [5, 5.41) is 12.2. The number of Topliss-reactive ketones (excluding diaryl/α,β-unsaturated/α-hetero) is 1. The van der Waals surface area contributed by atoms with E-state index < -0.39 is 0 Å². The van der Waals surface area contributed by atoms with Crippen molar-refractivity contribution in [3.8, 4) is 0 Å². The van der Waals surface area contributed by atoms with Gasteiger partial charge in [0.15, 0.2) is 5.78 Å². The van der Waals surface area contributed by atoms with Gasteiger partial charge in [-0.3, -0.25) is 4.79 Å². The predicted octanol–water partition coefficient (Wildman–Crippen LogP) is -0.793. The third-order valence-corrected chi connectivity index (χ3v) is 1.04. The van der Waals surface area contributed by atoms with Crippen LogP contribution in [0.5, 0.6) is 0 Å². The fourth-order valence-electron chi connectivity index (χ4n) is 0.587. The van der Waals surface area contributed by atoms with Crippen LogP contribution < -0.4 is 5.32 Å². The number of hydrogen-bond donors (Lipinski definition) is 2. The maximum absolute atomic E-state index is 10.9. The Morgan fingerprint density at radius 3 is 3.20 bits per heavy atom. The van der Waals surface area contributed by atoms with Crippen molar-refractivity contribution in [3.63, 3.8) is 0 Å². The van der Waals surface area contributed by atoms with E-state index in [1.807, 2.05) is 0 Å². The molecule has 10 heavy (non-hydrogen) atoms. The van der Waals surface area contributed by atoms with Crippen molar-refractivity contribution >= 4 is 5.78 Å². The molecular formula is C5H8N4O. The van der Waals surface area contributed by atoms with Gasteiger partial charge in [0.25, 0.3) is 0 Å². The average molecular weight is 140 g/mol. The minimum absolute atomic E-state index is 0.0590. The summed E-state index contributed by atoms with van der Waals surface area (Å²) < 4.78 is 0. The number of nitrogens with zero attached hydrogens (tertiary/aromatic N) is 2. The van der Waals surface area contributed by atoms with Crippen molar-refractivity contribution in [2.45, 2.75) is 0 Å². The Morgan fingerprint density at radius 1 is 1.90 bits per heavy atom. The topological polar surface area (TPSA) is 70.7 Å². The molecular weight excluding hydrogens is 132 g/mol. The van der Waals surface area contributed by atoms with Gasteiger partial charge in [-0.25, -0.2) is 0 Å². The maximum Gasteiger partial charge on any atom is 0.198 e. The summed E-state index contributed by atoms with van der Waals surface area (Å²) in [7, 11) is 1.71. The van der Waals surface area contributed by atoms with Crippen molar-refractivity contribution in [2.75, 3.05) is 13.6 Å². The second-order valence-electron chi connectivity index (χ2n) is 1.81. The SMILES string of the molecule is CNCC(=O)c1cn[nH]n1. The zero-order valence-corrected chi connectivity index (χ0v) is 5.59. The summed E-state index contributed by atoms with van der Waals surface area (Å²) in [6, 6.07) is 0. The van der Waals surface area contributed by atoms with Gasteiger partial charge in [-0.15, -0.1) is 0 Å². The molecule has 0 bridgehead atoms. The molecule has 1 aromatic heterocycles. The second kappa shape index (κ2) is 3.07. The van der Waals surface area contributed by atoms with Crippen molar-refractivity contribution in [2.24, 2.45) is 0 Å². The van der Waals surface area contributed by atoms with Crippen molar-refractivity contribution in [1.82, 2.24) is 20.7 Å². The molecule has 5 nitrogen and oxygen atoms in total. The van der Waals surface area contributed by atoms with E-state index in [1.54, 1.807) is 7.05 Å². The lowest BCUT2D eigenvalue weighted by molar-refractivity contribution is 0.0989. The molecule has 0 amide bonds. The van der Waals surface area contributed by atoms with Gasteiger partial charge in [0.05, 0.1) is 12.7 Å². The molecule has 0 radical (unpaired) electrons. The molecule has 1 aromatic rings. The first-order valence-electron chi connectivity index (χ1n) is 2.88. The van der Waals surface area contributed by atoms with Crippen LogP contribution in [0.2, 0.25) is 0 Å². The minimum atomic E-state index is -0.0590. The van der Waals surface area contributed by atoms with Crippen LogP contribution in [0.1, 0.15) is 10.5 Å². The predicted molar refractivity (Wildman–Crippen MR) is 34.6 cm³/mol. The zero-order valence-electron chi connectivity index (χ0n) is 5.59. The third-order valence-electron chi connectivity index (χ3n) is 1.04. The number of rotatable bonds is 3. The summed E-state index contributed by atoms with van der Waals surface area (Å²) in [5.41, 5.74) is 0.370. The molecule has 0 spiro atoms. The molecule has 0 unspecified atom stereocenters. The largest absolute Gasteiger partial charge is 0.313 e. The van der Waals surface area contributed by atoms with Crippen molar-refractivity contribution in [3.05, 3.63) is 11.9 Å². The van der Waals surface area contributed by atoms with Crippen LogP contribution in [-0.4, -0.2) is 34.8 Å². The first-order valence-corrected chi connectivity index (χ1v) is 2.88. The van der Waals surface area contributed by atoms with Gasteiger partial charge in [-0.05, 0) is 7.05 Å². The molecule has 0 saturated heterocycles.